The third kappa shape index (κ3) is 2.50. The quantitative estimate of drug-likeness (QED) is 0.774. The average Bonchev–Trinajstić information content (AvgIpc) is 2.70. The van der Waals surface area contributed by atoms with E-state index in [-0.39, 0.29) is 0 Å². The van der Waals surface area contributed by atoms with E-state index >= 15 is 0 Å². The van der Waals surface area contributed by atoms with Crippen LogP contribution in [0.25, 0.3) is 5.57 Å². The van der Waals surface area contributed by atoms with Crippen molar-refractivity contribution < 1.29 is 4.21 Å². The van der Waals surface area contributed by atoms with Crippen molar-refractivity contribution in [2.75, 3.05) is 0 Å². The summed E-state index contributed by atoms with van der Waals surface area (Å²) in [5, 5.41) is 9.40. The molecule has 1 heterocycles. The minimum atomic E-state index is -0.743. The van der Waals surface area contributed by atoms with Crippen LogP contribution in [0.15, 0.2) is 43.6 Å². The van der Waals surface area contributed by atoms with Gasteiger partial charge in [0.05, 0.1) is 9.94 Å². The lowest BCUT2D eigenvalue weighted by Gasteiger charge is -2.06. The zero-order valence-electron chi connectivity index (χ0n) is 9.94. The van der Waals surface area contributed by atoms with E-state index in [1.54, 1.807) is 0 Å². The number of allylic oxidation sites excluding steroid dienone is 3. The first kappa shape index (κ1) is 14.7. The molecule has 0 bridgehead atoms. The summed E-state index contributed by atoms with van der Waals surface area (Å²) >= 11 is 9.82. The number of benzene rings is 1. The van der Waals surface area contributed by atoms with Crippen LogP contribution in [-0.4, -0.2) is 4.21 Å². The molecule has 0 saturated heterocycles. The van der Waals surface area contributed by atoms with Gasteiger partial charge in [0, 0.05) is 15.0 Å². The molecule has 1 aromatic rings. The summed E-state index contributed by atoms with van der Waals surface area (Å²) in [6.45, 7) is 1.94. The molecule has 0 amide bonds. The molecule has 1 unspecified atom stereocenters. The van der Waals surface area contributed by atoms with Gasteiger partial charge in [-0.15, -0.1) is 0 Å². The number of hydrogen-bond donors (Lipinski definition) is 0. The Hall–Kier alpha value is -0.670. The molecule has 0 spiro atoms. The Labute approximate surface area is 130 Å². The molecule has 98 valence electrons. The maximum Gasteiger partial charge on any atom is 0.130 e. The molecular formula is C13H9BrClNOS2. The minimum Gasteiger partial charge on any atom is -0.205 e. The minimum absolute atomic E-state index is 0.460. The van der Waals surface area contributed by atoms with Gasteiger partial charge in [0.2, 0.25) is 0 Å². The van der Waals surface area contributed by atoms with Gasteiger partial charge in [-0.25, -0.2) is 4.21 Å². The lowest BCUT2D eigenvalue weighted by molar-refractivity contribution is 0.701. The molecule has 1 aliphatic rings. The van der Waals surface area contributed by atoms with E-state index in [1.807, 2.05) is 31.2 Å². The number of halogens is 2. The zero-order valence-corrected chi connectivity index (χ0v) is 13.9. The lowest BCUT2D eigenvalue weighted by Crippen LogP contribution is -1.89. The second-order valence-corrected chi connectivity index (χ2v) is 8.17. The Morgan fingerprint density at radius 2 is 2.16 bits per heavy atom. The van der Waals surface area contributed by atoms with Gasteiger partial charge < -0.3 is 0 Å². The largest absolute Gasteiger partial charge is 0.205 e. The normalized spacial score (nSPS) is 18.7. The molecule has 2 rings (SSSR count). The monoisotopic (exact) mass is 373 g/mol. The van der Waals surface area contributed by atoms with Crippen LogP contribution in [0.3, 0.4) is 0 Å². The number of nitrogens with zero attached hydrogens (tertiary/aromatic N) is 1. The van der Waals surface area contributed by atoms with Gasteiger partial charge in [-0.3, -0.25) is 0 Å². The van der Waals surface area contributed by atoms with E-state index < -0.39 is 9.45 Å². The molecule has 6 heteroatoms. The second kappa shape index (κ2) is 6.19. The Morgan fingerprint density at radius 1 is 1.47 bits per heavy atom. The molecule has 2 nitrogen and oxygen atoms in total. The summed E-state index contributed by atoms with van der Waals surface area (Å²) < 4.78 is 12.6. The Bertz CT molecular complexity index is 712. The summed E-state index contributed by atoms with van der Waals surface area (Å²) in [6, 6.07) is 9.79. The maximum absolute atomic E-state index is 11.3. The highest BCUT2D eigenvalue weighted by Crippen LogP contribution is 2.44. The van der Waals surface area contributed by atoms with Gasteiger partial charge in [0.1, 0.15) is 16.3 Å². The Morgan fingerprint density at radius 3 is 2.68 bits per heavy atom. The van der Waals surface area contributed by atoms with Gasteiger partial charge in [-0.2, -0.15) is 5.26 Å². The Balaban J connectivity index is 2.79. The van der Waals surface area contributed by atoms with Crippen LogP contribution >= 0.6 is 27.5 Å². The van der Waals surface area contributed by atoms with E-state index in [2.05, 4.69) is 22.0 Å². The number of nitriles is 1. The zero-order chi connectivity index (χ0) is 14.0. The number of rotatable bonds is 2. The van der Waals surface area contributed by atoms with Gasteiger partial charge in [-0.05, 0) is 27.5 Å². The first-order chi connectivity index (χ1) is 9.15. The van der Waals surface area contributed by atoms with Crippen molar-refractivity contribution in [3.8, 4) is 6.07 Å². The standard InChI is InChI=1S/C13H9BrClNOS2/c1-2-11-9(7-16)12(13(15)19(11)18-17)8-5-3-4-6-10(8)14/h3-6H,2H2,1H3. The van der Waals surface area contributed by atoms with Crippen molar-refractivity contribution >= 4 is 52.8 Å². The SMILES string of the molecule is CCC1=C(C#N)C(c2ccccc2Br)=C(Cl)S1=S=O. The second-order valence-electron chi connectivity index (χ2n) is 3.73. The van der Waals surface area contributed by atoms with Crippen LogP contribution in [0, 0.1) is 11.3 Å². The molecule has 1 aliphatic heterocycles. The van der Waals surface area contributed by atoms with Crippen molar-refractivity contribution in [1.29, 1.82) is 5.26 Å². The first-order valence-electron chi connectivity index (χ1n) is 5.48. The van der Waals surface area contributed by atoms with Crippen molar-refractivity contribution in [2.24, 2.45) is 0 Å². The number of hydrogen-bond acceptors (Lipinski definition) is 2. The van der Waals surface area contributed by atoms with E-state index in [0.717, 1.165) is 14.9 Å². The molecule has 19 heavy (non-hydrogen) atoms. The van der Waals surface area contributed by atoms with Gasteiger partial charge in [0.15, 0.2) is 0 Å². The molecule has 1 aromatic carbocycles. The highest BCUT2D eigenvalue weighted by molar-refractivity contribution is 9.10. The highest BCUT2D eigenvalue weighted by Gasteiger charge is 2.29. The molecule has 1 atom stereocenters. The topological polar surface area (TPSA) is 40.9 Å². The Kier molecular flexibility index (Phi) is 4.80. The maximum atomic E-state index is 11.3. The first-order valence-corrected chi connectivity index (χ1v) is 9.14. The van der Waals surface area contributed by atoms with Crippen molar-refractivity contribution in [3.05, 3.63) is 49.1 Å². The average molecular weight is 375 g/mol. The fourth-order valence-electron chi connectivity index (χ4n) is 1.93. The van der Waals surface area contributed by atoms with Crippen molar-refractivity contribution in [2.45, 2.75) is 13.3 Å². The molecule has 0 fully saturated rings. The van der Waals surface area contributed by atoms with Crippen LogP contribution < -0.4 is 0 Å². The van der Waals surface area contributed by atoms with Crippen LogP contribution in [0.2, 0.25) is 0 Å². The summed E-state index contributed by atoms with van der Waals surface area (Å²) in [5.41, 5.74) is 2.10. The third-order valence-corrected chi connectivity index (χ3v) is 7.49. The summed E-state index contributed by atoms with van der Waals surface area (Å²) in [6.07, 6.45) is 0.658. The molecule has 0 saturated carbocycles. The van der Waals surface area contributed by atoms with E-state index in [9.17, 15) is 9.47 Å². The van der Waals surface area contributed by atoms with Crippen molar-refractivity contribution in [1.82, 2.24) is 0 Å². The summed E-state index contributed by atoms with van der Waals surface area (Å²) in [7, 11) is -0.283. The molecule has 0 aromatic heterocycles. The molecular weight excluding hydrogens is 366 g/mol. The van der Waals surface area contributed by atoms with Gasteiger partial charge in [0.25, 0.3) is 0 Å². The smallest absolute Gasteiger partial charge is 0.130 e. The fourth-order valence-corrected chi connectivity index (χ4v) is 5.75. The summed E-state index contributed by atoms with van der Waals surface area (Å²) in [5.74, 6) is 0. The molecule has 0 aliphatic carbocycles. The van der Waals surface area contributed by atoms with E-state index in [1.165, 1.54) is 0 Å². The van der Waals surface area contributed by atoms with Gasteiger partial charge in [-0.1, -0.05) is 52.7 Å². The van der Waals surface area contributed by atoms with Crippen LogP contribution in [0.4, 0.5) is 0 Å². The van der Waals surface area contributed by atoms with Crippen LogP contribution in [0.5, 0.6) is 0 Å². The fraction of sp³-hybridized carbons (Fsp3) is 0.154. The van der Waals surface area contributed by atoms with Crippen LogP contribution in [-0.2, 0) is 19.7 Å². The lowest BCUT2D eigenvalue weighted by atomic mass is 10.00. The van der Waals surface area contributed by atoms with E-state index in [4.69, 9.17) is 11.6 Å². The van der Waals surface area contributed by atoms with E-state index in [0.29, 0.717) is 32.2 Å². The molecule has 0 N–H and O–H groups in total. The molecule has 0 radical (unpaired) electrons. The van der Waals surface area contributed by atoms with Gasteiger partial charge >= 0.3 is 0 Å². The van der Waals surface area contributed by atoms with Crippen LogP contribution in [0.1, 0.15) is 18.9 Å². The highest BCUT2D eigenvalue weighted by atomic mass is 79.9. The third-order valence-electron chi connectivity index (χ3n) is 2.76. The van der Waals surface area contributed by atoms with Crippen molar-refractivity contribution in [3.63, 3.8) is 0 Å². The predicted molar refractivity (Wildman–Crippen MR) is 85.4 cm³/mol. The predicted octanol–water partition coefficient (Wildman–Crippen LogP) is 4.30. The summed E-state index contributed by atoms with van der Waals surface area (Å²) in [4.78, 5) is 0.846.